The van der Waals surface area contributed by atoms with Crippen molar-refractivity contribution in [2.75, 3.05) is 5.32 Å². The van der Waals surface area contributed by atoms with Gasteiger partial charge in [0.15, 0.2) is 0 Å². The number of halogens is 1. The van der Waals surface area contributed by atoms with Crippen molar-refractivity contribution in [1.29, 1.82) is 0 Å². The minimum atomic E-state index is -1.26. The molecule has 0 bridgehead atoms. The maximum Gasteiger partial charge on any atom is 0.327 e. The zero-order chi connectivity index (χ0) is 28.9. The topological polar surface area (TPSA) is 109 Å². The fraction of sp³-hybridized carbons (Fsp3) is 0.0606. The quantitative estimate of drug-likeness (QED) is 0.195. The van der Waals surface area contributed by atoms with Crippen molar-refractivity contribution < 1.29 is 19.8 Å². The average Bonchev–Trinajstić information content (AvgIpc) is 2.99. The lowest BCUT2D eigenvalue weighted by atomic mass is 10.0. The molecule has 0 aliphatic heterocycles. The highest BCUT2D eigenvalue weighted by Crippen LogP contribution is 2.26. The molecule has 1 unspecified atom stereocenters. The van der Waals surface area contributed by atoms with Gasteiger partial charge in [0.1, 0.15) is 17.5 Å². The van der Waals surface area contributed by atoms with E-state index in [1.165, 1.54) is 24.4 Å². The van der Waals surface area contributed by atoms with Gasteiger partial charge in [0.2, 0.25) is 0 Å². The number of aromatic nitrogens is 1. The largest absolute Gasteiger partial charge is 0.508 e. The Balaban J connectivity index is 1.52. The second-order valence-corrected chi connectivity index (χ2v) is 9.92. The first-order chi connectivity index (χ1) is 19.8. The Morgan fingerprint density at radius 1 is 0.780 bits per heavy atom. The number of rotatable bonds is 8. The van der Waals surface area contributed by atoms with Crippen LogP contribution in [0.1, 0.15) is 22.0 Å². The fourth-order valence-corrected chi connectivity index (χ4v) is 4.65. The zero-order valence-electron chi connectivity index (χ0n) is 21.7. The molecule has 5 aromatic rings. The second kappa shape index (κ2) is 11.9. The van der Waals surface area contributed by atoms with Crippen LogP contribution in [-0.2, 0) is 11.2 Å². The molecule has 1 heterocycles. The van der Waals surface area contributed by atoms with E-state index in [9.17, 15) is 24.6 Å². The number of carboxylic acids is 1. The van der Waals surface area contributed by atoms with E-state index in [4.69, 9.17) is 11.6 Å². The van der Waals surface area contributed by atoms with Crippen molar-refractivity contribution >= 4 is 29.2 Å². The van der Waals surface area contributed by atoms with Crippen molar-refractivity contribution in [1.82, 2.24) is 4.57 Å². The number of pyridine rings is 1. The Bertz CT molecular complexity index is 1750. The summed E-state index contributed by atoms with van der Waals surface area (Å²) in [6.45, 7) is 0. The molecule has 3 N–H and O–H groups in total. The van der Waals surface area contributed by atoms with Crippen LogP contribution in [0.4, 0.5) is 5.69 Å². The van der Waals surface area contributed by atoms with Crippen LogP contribution >= 0.6 is 11.6 Å². The highest BCUT2D eigenvalue weighted by molar-refractivity contribution is 6.30. The summed E-state index contributed by atoms with van der Waals surface area (Å²) in [6, 6.07) is 29.9. The highest BCUT2D eigenvalue weighted by Gasteiger charge is 2.24. The summed E-state index contributed by atoms with van der Waals surface area (Å²) >= 11 is 5.98. The molecule has 204 valence electrons. The minimum Gasteiger partial charge on any atom is -0.508 e. The summed E-state index contributed by atoms with van der Waals surface area (Å²) in [6.07, 6.45) is 1.47. The van der Waals surface area contributed by atoms with Crippen LogP contribution in [0.25, 0.3) is 22.3 Å². The number of hydrogen-bond donors (Lipinski definition) is 3. The molecule has 4 aromatic carbocycles. The van der Waals surface area contributed by atoms with Gasteiger partial charge in [0.05, 0.1) is 0 Å². The first kappa shape index (κ1) is 27.4. The van der Waals surface area contributed by atoms with Crippen LogP contribution in [0, 0.1) is 0 Å². The second-order valence-electron chi connectivity index (χ2n) is 9.48. The van der Waals surface area contributed by atoms with Gasteiger partial charge in [-0.2, -0.15) is 0 Å². The average molecular weight is 565 g/mol. The van der Waals surface area contributed by atoms with E-state index >= 15 is 0 Å². The van der Waals surface area contributed by atoms with Crippen LogP contribution in [-0.4, -0.2) is 26.7 Å². The lowest BCUT2D eigenvalue weighted by Crippen LogP contribution is -2.33. The maximum atomic E-state index is 13.6. The van der Waals surface area contributed by atoms with Crippen molar-refractivity contribution in [2.45, 2.75) is 12.5 Å². The van der Waals surface area contributed by atoms with Crippen LogP contribution in [0.15, 0.2) is 120 Å². The molecule has 1 aromatic heterocycles. The molecule has 41 heavy (non-hydrogen) atoms. The SMILES string of the molecule is O=C(Nc1cc(-c2ccc(O)cc2)cn(C(Cc2ccc(Cl)cc2)C(=O)O)c1=O)c1ccc(-c2ccccc2)cc1. The van der Waals surface area contributed by atoms with Gasteiger partial charge in [-0.25, -0.2) is 4.79 Å². The van der Waals surface area contributed by atoms with Gasteiger partial charge in [-0.15, -0.1) is 0 Å². The number of aliphatic carboxylic acids is 1. The third kappa shape index (κ3) is 6.37. The van der Waals surface area contributed by atoms with Crippen LogP contribution in [0.2, 0.25) is 5.02 Å². The molecule has 0 saturated heterocycles. The number of nitrogens with one attached hydrogen (secondary N) is 1. The standard InChI is InChI=1S/C33H25ClN2O5/c34-27-14-6-21(7-15-27)18-30(33(40)41)36-20-26(24-12-16-28(37)17-13-24)19-29(32(36)39)35-31(38)25-10-8-23(9-11-25)22-4-2-1-3-5-22/h1-17,19-20,30,37H,18H2,(H,35,38)(H,40,41). The molecule has 0 radical (unpaired) electrons. The molecule has 5 rings (SSSR count). The highest BCUT2D eigenvalue weighted by atomic mass is 35.5. The number of amides is 1. The molecule has 0 aliphatic carbocycles. The number of aromatic hydroxyl groups is 1. The van der Waals surface area contributed by atoms with Gasteiger partial charge in [-0.1, -0.05) is 78.3 Å². The first-order valence-electron chi connectivity index (χ1n) is 12.8. The fourth-order valence-electron chi connectivity index (χ4n) is 4.52. The van der Waals surface area contributed by atoms with Crippen molar-refractivity contribution in [3.05, 3.63) is 142 Å². The summed E-state index contributed by atoms with van der Waals surface area (Å²) in [5.41, 5.74) is 3.32. The van der Waals surface area contributed by atoms with Crippen molar-refractivity contribution in [2.24, 2.45) is 0 Å². The Hall–Kier alpha value is -5.14. The van der Waals surface area contributed by atoms with E-state index in [2.05, 4.69) is 5.32 Å². The van der Waals surface area contributed by atoms with E-state index < -0.39 is 23.5 Å². The van der Waals surface area contributed by atoms with Crippen molar-refractivity contribution in [3.8, 4) is 28.0 Å². The molecule has 0 fully saturated rings. The lowest BCUT2D eigenvalue weighted by Gasteiger charge is -2.19. The number of phenols is 1. The molecule has 0 saturated carbocycles. The summed E-state index contributed by atoms with van der Waals surface area (Å²) in [5.74, 6) is -1.67. The van der Waals surface area contributed by atoms with Crippen LogP contribution in [0.5, 0.6) is 5.75 Å². The molecular weight excluding hydrogens is 540 g/mol. The summed E-state index contributed by atoms with van der Waals surface area (Å²) in [7, 11) is 0. The number of anilines is 1. The molecule has 1 atom stereocenters. The third-order valence-corrected chi connectivity index (χ3v) is 6.96. The van der Waals surface area contributed by atoms with Gasteiger partial charge >= 0.3 is 5.97 Å². The Labute approximate surface area is 240 Å². The molecule has 8 heteroatoms. The minimum absolute atomic E-state index is 0.0137. The van der Waals surface area contributed by atoms with E-state index in [1.54, 1.807) is 48.5 Å². The Morgan fingerprint density at radius 2 is 1.37 bits per heavy atom. The van der Waals surface area contributed by atoms with Crippen LogP contribution < -0.4 is 10.9 Å². The first-order valence-corrected chi connectivity index (χ1v) is 13.2. The van der Waals surface area contributed by atoms with Crippen LogP contribution in [0.3, 0.4) is 0 Å². The Morgan fingerprint density at radius 3 is 2.00 bits per heavy atom. The van der Waals surface area contributed by atoms with E-state index in [0.29, 0.717) is 27.3 Å². The predicted molar refractivity (Wildman–Crippen MR) is 159 cm³/mol. The predicted octanol–water partition coefficient (Wildman–Crippen LogP) is 6.66. The van der Waals surface area contributed by atoms with E-state index in [1.807, 2.05) is 42.5 Å². The lowest BCUT2D eigenvalue weighted by molar-refractivity contribution is -0.141. The zero-order valence-corrected chi connectivity index (χ0v) is 22.5. The van der Waals surface area contributed by atoms with Crippen molar-refractivity contribution in [3.63, 3.8) is 0 Å². The maximum absolute atomic E-state index is 13.6. The number of nitrogens with zero attached hydrogens (tertiary/aromatic N) is 1. The number of hydrogen-bond acceptors (Lipinski definition) is 4. The van der Waals surface area contributed by atoms with E-state index in [-0.39, 0.29) is 17.9 Å². The Kier molecular flexibility index (Phi) is 7.99. The molecular formula is C33H25ClN2O5. The molecule has 0 spiro atoms. The van der Waals surface area contributed by atoms with Gasteiger partial charge in [-0.05, 0) is 64.7 Å². The third-order valence-electron chi connectivity index (χ3n) is 6.71. The van der Waals surface area contributed by atoms with Gasteiger partial charge < -0.3 is 15.5 Å². The smallest absolute Gasteiger partial charge is 0.327 e. The normalized spacial score (nSPS) is 11.5. The van der Waals surface area contributed by atoms with Gasteiger partial charge in [-0.3, -0.25) is 14.2 Å². The molecule has 1 amide bonds. The number of carboxylic acid groups (broad SMARTS) is 1. The number of benzene rings is 4. The van der Waals surface area contributed by atoms with Gasteiger partial charge in [0, 0.05) is 28.8 Å². The van der Waals surface area contributed by atoms with Gasteiger partial charge in [0.25, 0.3) is 11.5 Å². The summed E-state index contributed by atoms with van der Waals surface area (Å²) in [4.78, 5) is 39.3. The molecule has 7 nitrogen and oxygen atoms in total. The monoisotopic (exact) mass is 564 g/mol. The summed E-state index contributed by atoms with van der Waals surface area (Å²) < 4.78 is 1.12. The van der Waals surface area contributed by atoms with E-state index in [0.717, 1.165) is 15.7 Å². The summed E-state index contributed by atoms with van der Waals surface area (Å²) in [5, 5.41) is 23.1. The number of carbonyl (C=O) groups is 2. The number of carbonyl (C=O) groups excluding carboxylic acids is 1. The molecule has 0 aliphatic rings. The number of phenolic OH excluding ortho intramolecular Hbond substituents is 1.